The first-order chi connectivity index (χ1) is 18.0. The fraction of sp³-hybridized carbons (Fsp3) is 0.600. The summed E-state index contributed by atoms with van der Waals surface area (Å²) in [5.74, 6) is 6.89. The van der Waals surface area contributed by atoms with Crippen molar-refractivity contribution in [1.82, 2.24) is 0 Å². The topological polar surface area (TPSA) is 29.5 Å². The minimum atomic E-state index is 0.271. The second kappa shape index (κ2) is 7.25. The molecule has 11 rings (SSSR count). The maximum absolute atomic E-state index is 11.2. The normalized spacial score (nSPS) is 41.2. The van der Waals surface area contributed by atoms with E-state index in [1.165, 1.54) is 87.8 Å². The molecular formula is C35H40O2. The summed E-state index contributed by atoms with van der Waals surface area (Å²) in [7, 11) is 1.84. The van der Waals surface area contributed by atoms with E-state index in [1.807, 2.05) is 19.2 Å². The van der Waals surface area contributed by atoms with Gasteiger partial charge in [-0.3, -0.25) is 0 Å². The summed E-state index contributed by atoms with van der Waals surface area (Å²) < 4.78 is 6.14. The highest BCUT2D eigenvalue weighted by Gasteiger charge is 2.55. The van der Waals surface area contributed by atoms with Gasteiger partial charge < -0.3 is 9.84 Å². The lowest BCUT2D eigenvalue weighted by molar-refractivity contribution is -0.00676. The first-order valence-corrected chi connectivity index (χ1v) is 15.3. The number of benzene rings is 3. The average Bonchev–Trinajstić information content (AvgIpc) is 2.86. The molecule has 0 radical (unpaired) electrons. The van der Waals surface area contributed by atoms with Crippen molar-refractivity contribution in [2.45, 2.75) is 87.9 Å². The monoisotopic (exact) mass is 492 g/mol. The zero-order chi connectivity index (χ0) is 24.5. The lowest BCUT2D eigenvalue weighted by Gasteiger charge is -2.59. The van der Waals surface area contributed by atoms with E-state index < -0.39 is 0 Å². The molecular weight excluding hydrogens is 452 g/mol. The number of phenols is 1. The van der Waals surface area contributed by atoms with Crippen molar-refractivity contribution in [2.24, 2.45) is 35.5 Å². The predicted octanol–water partition coefficient (Wildman–Crippen LogP) is 8.64. The molecule has 0 amide bonds. The van der Waals surface area contributed by atoms with Crippen LogP contribution in [-0.2, 0) is 10.8 Å². The zero-order valence-electron chi connectivity index (χ0n) is 22.3. The van der Waals surface area contributed by atoms with E-state index in [9.17, 15) is 5.11 Å². The van der Waals surface area contributed by atoms with Gasteiger partial charge in [-0.25, -0.2) is 0 Å². The Morgan fingerprint density at radius 1 is 0.622 bits per heavy atom. The molecule has 37 heavy (non-hydrogen) atoms. The van der Waals surface area contributed by atoms with E-state index in [1.54, 1.807) is 16.5 Å². The quantitative estimate of drug-likeness (QED) is 0.371. The van der Waals surface area contributed by atoms with Crippen LogP contribution in [0, 0.1) is 35.5 Å². The zero-order valence-corrected chi connectivity index (χ0v) is 22.3. The molecule has 8 fully saturated rings. The molecule has 3 aromatic carbocycles. The van der Waals surface area contributed by atoms with Gasteiger partial charge in [0.15, 0.2) is 0 Å². The van der Waals surface area contributed by atoms with Crippen molar-refractivity contribution < 1.29 is 9.84 Å². The Hall–Kier alpha value is -2.22. The van der Waals surface area contributed by atoms with E-state index in [2.05, 4.69) is 24.3 Å². The summed E-state index contributed by atoms with van der Waals surface area (Å²) in [4.78, 5) is 0. The second-order valence-electron chi connectivity index (χ2n) is 14.8. The molecule has 3 aromatic rings. The van der Waals surface area contributed by atoms with Gasteiger partial charge in [0.2, 0.25) is 0 Å². The van der Waals surface area contributed by atoms with Crippen molar-refractivity contribution in [3.8, 4) is 11.5 Å². The molecule has 2 heteroatoms. The third kappa shape index (κ3) is 2.88. The SMILES string of the molecule is COc1ccc(C23CC4CC(CC(C4)C2)C3)c2c(C34CC5CC(CC(C5)C3)C4)cc3c(O)cccc3c12. The summed E-state index contributed by atoms with van der Waals surface area (Å²) in [5, 5.41) is 16.2. The first kappa shape index (κ1) is 21.7. The fourth-order valence-corrected chi connectivity index (χ4v) is 12.2. The standard InChI is InChI=1S/C35H40O2/c1-37-31-6-5-28(34-14-20-7-21(15-34)9-22(8-20)16-34)33-29(13-27-26(32(31)33)3-2-4-30(27)36)35-17-23-10-24(18-35)12-25(11-23)19-35/h2-6,13,20-25,36H,7-12,14-19H2,1H3. The third-order valence-electron chi connectivity index (χ3n) is 12.5. The second-order valence-corrected chi connectivity index (χ2v) is 14.8. The molecule has 8 bridgehead atoms. The molecule has 0 aliphatic heterocycles. The molecule has 0 unspecified atom stereocenters. The summed E-state index contributed by atoms with van der Waals surface area (Å²) in [6.07, 6.45) is 17.0. The smallest absolute Gasteiger partial charge is 0.127 e. The largest absolute Gasteiger partial charge is 0.507 e. The van der Waals surface area contributed by atoms with Gasteiger partial charge in [0.05, 0.1) is 7.11 Å². The van der Waals surface area contributed by atoms with Crippen LogP contribution in [0.3, 0.4) is 0 Å². The minimum Gasteiger partial charge on any atom is -0.507 e. The molecule has 0 saturated heterocycles. The van der Waals surface area contributed by atoms with Gasteiger partial charge in [0.25, 0.3) is 0 Å². The number of rotatable bonds is 3. The maximum Gasteiger partial charge on any atom is 0.127 e. The highest BCUT2D eigenvalue weighted by atomic mass is 16.5. The third-order valence-corrected chi connectivity index (χ3v) is 12.5. The molecule has 192 valence electrons. The van der Waals surface area contributed by atoms with Crippen LogP contribution in [0.2, 0.25) is 0 Å². The van der Waals surface area contributed by atoms with Crippen molar-refractivity contribution in [2.75, 3.05) is 7.11 Å². The molecule has 1 N–H and O–H groups in total. The van der Waals surface area contributed by atoms with Crippen LogP contribution < -0.4 is 4.74 Å². The Morgan fingerprint density at radius 2 is 1.14 bits per heavy atom. The molecule has 8 saturated carbocycles. The first-order valence-electron chi connectivity index (χ1n) is 15.3. The fourth-order valence-electron chi connectivity index (χ4n) is 12.2. The Labute approximate surface area is 220 Å². The van der Waals surface area contributed by atoms with Crippen molar-refractivity contribution in [1.29, 1.82) is 0 Å². The lowest BCUT2D eigenvalue weighted by atomic mass is 9.46. The molecule has 0 spiro atoms. The van der Waals surface area contributed by atoms with Crippen LogP contribution in [0.25, 0.3) is 21.5 Å². The number of aromatic hydroxyl groups is 1. The molecule has 0 atom stereocenters. The Morgan fingerprint density at radius 3 is 1.65 bits per heavy atom. The van der Waals surface area contributed by atoms with Gasteiger partial charge in [-0.2, -0.15) is 0 Å². The molecule has 8 aliphatic rings. The van der Waals surface area contributed by atoms with Crippen molar-refractivity contribution >= 4 is 21.5 Å². The maximum atomic E-state index is 11.2. The van der Waals surface area contributed by atoms with Gasteiger partial charge in [0, 0.05) is 10.8 Å². The Kier molecular flexibility index (Phi) is 4.25. The Balaban J connectivity index is 1.39. The van der Waals surface area contributed by atoms with E-state index in [0.29, 0.717) is 11.2 Å². The van der Waals surface area contributed by atoms with Gasteiger partial charge >= 0.3 is 0 Å². The van der Waals surface area contributed by atoms with Crippen LogP contribution >= 0.6 is 0 Å². The van der Waals surface area contributed by atoms with Crippen LogP contribution in [0.1, 0.15) is 88.2 Å². The van der Waals surface area contributed by atoms with E-state index in [0.717, 1.165) is 46.6 Å². The number of hydrogen-bond acceptors (Lipinski definition) is 2. The number of hydrogen-bond donors (Lipinski definition) is 1. The molecule has 8 aliphatic carbocycles. The Bertz CT molecular complexity index is 1380. The molecule has 0 heterocycles. The highest BCUT2D eigenvalue weighted by molar-refractivity contribution is 6.15. The van der Waals surface area contributed by atoms with E-state index in [-0.39, 0.29) is 5.41 Å². The van der Waals surface area contributed by atoms with Crippen molar-refractivity contribution in [3.05, 3.63) is 47.5 Å². The van der Waals surface area contributed by atoms with Gasteiger partial charge in [0.1, 0.15) is 11.5 Å². The average molecular weight is 493 g/mol. The highest BCUT2D eigenvalue weighted by Crippen LogP contribution is 2.65. The summed E-state index contributed by atoms with van der Waals surface area (Å²) >= 11 is 0. The summed E-state index contributed by atoms with van der Waals surface area (Å²) in [6.45, 7) is 0. The lowest BCUT2D eigenvalue weighted by Crippen LogP contribution is -2.50. The predicted molar refractivity (Wildman–Crippen MR) is 149 cm³/mol. The van der Waals surface area contributed by atoms with Gasteiger partial charge in [-0.1, -0.05) is 18.2 Å². The van der Waals surface area contributed by atoms with Crippen LogP contribution in [-0.4, -0.2) is 12.2 Å². The van der Waals surface area contributed by atoms with Gasteiger partial charge in [-0.05, 0) is 163 Å². The van der Waals surface area contributed by atoms with E-state index in [4.69, 9.17) is 4.74 Å². The van der Waals surface area contributed by atoms with E-state index >= 15 is 0 Å². The number of methoxy groups -OCH3 is 1. The minimum absolute atomic E-state index is 0.271. The molecule has 2 nitrogen and oxygen atoms in total. The van der Waals surface area contributed by atoms with Crippen LogP contribution in [0.5, 0.6) is 11.5 Å². The summed E-state index contributed by atoms with van der Waals surface area (Å²) in [5.41, 5.74) is 3.84. The number of ether oxygens (including phenoxy) is 1. The van der Waals surface area contributed by atoms with Crippen molar-refractivity contribution in [3.63, 3.8) is 0 Å². The number of phenolic OH excluding ortho intramolecular Hbond substituents is 1. The van der Waals surface area contributed by atoms with Crippen LogP contribution in [0.4, 0.5) is 0 Å². The van der Waals surface area contributed by atoms with Gasteiger partial charge in [-0.15, -0.1) is 0 Å². The summed E-state index contributed by atoms with van der Waals surface area (Å²) in [6, 6.07) is 13.4. The molecule has 0 aromatic heterocycles. The van der Waals surface area contributed by atoms with Crippen LogP contribution in [0.15, 0.2) is 36.4 Å². The number of fused-ring (bicyclic) bond motifs is 3.